The molecule has 0 aromatic carbocycles. The van der Waals surface area contributed by atoms with Gasteiger partial charge in [0.1, 0.15) is 0 Å². The Balaban J connectivity index is 3.13. The van der Waals surface area contributed by atoms with Crippen LogP contribution in [0.2, 0.25) is 0 Å². The third kappa shape index (κ3) is 8.26. The van der Waals surface area contributed by atoms with Gasteiger partial charge >= 0.3 is 0 Å². The molecule has 0 aliphatic rings. The minimum Gasteiger partial charge on any atom is -0.0916 e. The van der Waals surface area contributed by atoms with Crippen molar-refractivity contribution < 1.29 is 0 Å². The fourth-order valence-corrected chi connectivity index (χ4v) is 2.01. The van der Waals surface area contributed by atoms with E-state index in [9.17, 15) is 0 Å². The molecule has 0 saturated heterocycles. The first-order valence-corrected chi connectivity index (χ1v) is 7.68. The van der Waals surface area contributed by atoms with Crippen LogP contribution in [0, 0.1) is 0 Å². The van der Waals surface area contributed by atoms with Crippen molar-refractivity contribution in [3.63, 3.8) is 0 Å². The van der Waals surface area contributed by atoms with E-state index in [4.69, 9.17) is 0 Å². The van der Waals surface area contributed by atoms with Gasteiger partial charge in [-0.05, 0) is 12.8 Å². The van der Waals surface area contributed by atoms with Crippen LogP contribution in [0.4, 0.5) is 0 Å². The van der Waals surface area contributed by atoms with Gasteiger partial charge in [0.25, 0.3) is 0 Å². The fraction of sp³-hybridized carbons (Fsp3) is 1.00. The maximum Gasteiger partial charge on any atom is 0.0242 e. The van der Waals surface area contributed by atoms with Gasteiger partial charge < -0.3 is 0 Å². The fourth-order valence-electron chi connectivity index (χ4n) is 0.715. The van der Waals surface area contributed by atoms with Crippen LogP contribution in [0.25, 0.3) is 0 Å². The molecule has 0 unspecified atom stereocenters. The molecule has 0 radical (unpaired) electrons. The minimum atomic E-state index is 0.637. The summed E-state index contributed by atoms with van der Waals surface area (Å²) in [4.78, 5) is 1.27. The SMILES string of the molecule is BrC[C@H](Br)CCC[C@@H](Br)CBr. The van der Waals surface area contributed by atoms with Crippen LogP contribution in [-0.4, -0.2) is 20.3 Å². The van der Waals surface area contributed by atoms with Gasteiger partial charge in [-0.3, -0.25) is 0 Å². The largest absolute Gasteiger partial charge is 0.0916 e. The van der Waals surface area contributed by atoms with Crippen molar-refractivity contribution in [2.45, 2.75) is 28.9 Å². The molecule has 0 amide bonds. The number of hydrogen-bond acceptors (Lipinski definition) is 0. The summed E-state index contributed by atoms with van der Waals surface area (Å²) in [7, 11) is 0. The van der Waals surface area contributed by atoms with E-state index < -0.39 is 0 Å². The molecule has 0 saturated carbocycles. The van der Waals surface area contributed by atoms with Crippen LogP contribution in [0.3, 0.4) is 0 Å². The van der Waals surface area contributed by atoms with Gasteiger partial charge in [-0.25, -0.2) is 0 Å². The molecule has 0 aromatic heterocycles. The number of halogens is 4. The highest BCUT2D eigenvalue weighted by molar-refractivity contribution is 9.12. The topological polar surface area (TPSA) is 0 Å². The first-order chi connectivity index (χ1) is 5.20. The van der Waals surface area contributed by atoms with Crippen LogP contribution in [0.5, 0.6) is 0 Å². The number of alkyl halides is 4. The molecule has 0 aliphatic heterocycles. The second-order valence-corrected chi connectivity index (χ2v) is 6.32. The third-order valence-electron chi connectivity index (χ3n) is 1.37. The molecule has 0 heterocycles. The Morgan fingerprint density at radius 3 is 1.45 bits per heavy atom. The van der Waals surface area contributed by atoms with Crippen molar-refractivity contribution in [2.24, 2.45) is 0 Å². The molecule has 2 atom stereocenters. The Bertz CT molecular complexity index is 76.5. The van der Waals surface area contributed by atoms with E-state index in [1.165, 1.54) is 19.3 Å². The Labute approximate surface area is 102 Å². The van der Waals surface area contributed by atoms with Gasteiger partial charge in [0.15, 0.2) is 0 Å². The normalized spacial score (nSPS) is 16.4. The summed E-state index contributed by atoms with van der Waals surface area (Å²) in [6, 6.07) is 0. The van der Waals surface area contributed by atoms with Crippen molar-refractivity contribution in [3.8, 4) is 0 Å². The van der Waals surface area contributed by atoms with Crippen LogP contribution < -0.4 is 0 Å². The maximum absolute atomic E-state index is 3.57. The van der Waals surface area contributed by atoms with E-state index in [0.29, 0.717) is 9.65 Å². The highest BCUT2D eigenvalue weighted by atomic mass is 79.9. The average Bonchev–Trinajstić information content (AvgIpc) is 2.04. The molecule has 0 nitrogen and oxygen atoms in total. The first-order valence-electron chi connectivity index (χ1n) is 3.60. The molecule has 0 fully saturated rings. The summed E-state index contributed by atoms with van der Waals surface area (Å²) in [5.74, 6) is 0. The zero-order chi connectivity index (χ0) is 8.69. The standard InChI is InChI=1S/C7H12Br4/c8-4-6(10)2-1-3-7(11)5-9/h6-7H,1-5H2/t6-,7-/m1/s1. The quantitative estimate of drug-likeness (QED) is 0.561. The molecule has 0 rings (SSSR count). The lowest BCUT2D eigenvalue weighted by molar-refractivity contribution is 0.690. The summed E-state index contributed by atoms with van der Waals surface area (Å²) >= 11 is 14.0. The second kappa shape index (κ2) is 8.52. The molecular weight excluding hydrogens is 404 g/mol. The first kappa shape index (κ1) is 12.9. The van der Waals surface area contributed by atoms with E-state index in [1.54, 1.807) is 0 Å². The summed E-state index contributed by atoms with van der Waals surface area (Å²) in [5, 5.41) is 2.10. The van der Waals surface area contributed by atoms with Gasteiger partial charge in [0, 0.05) is 20.3 Å². The molecule has 0 aliphatic carbocycles. The summed E-state index contributed by atoms with van der Waals surface area (Å²) in [5.41, 5.74) is 0. The predicted octanol–water partition coefficient (Wildman–Crippen LogP) is 4.47. The van der Waals surface area contributed by atoms with Crippen LogP contribution in [0.15, 0.2) is 0 Å². The van der Waals surface area contributed by atoms with Crippen LogP contribution >= 0.6 is 63.7 Å². The molecular formula is C7H12Br4. The molecule has 11 heavy (non-hydrogen) atoms. The summed E-state index contributed by atoms with van der Waals surface area (Å²) in [6.45, 7) is 0. The van der Waals surface area contributed by atoms with Crippen molar-refractivity contribution in [1.29, 1.82) is 0 Å². The smallest absolute Gasteiger partial charge is 0.0242 e. The lowest BCUT2D eigenvalue weighted by Gasteiger charge is -2.07. The van der Waals surface area contributed by atoms with Crippen LogP contribution in [-0.2, 0) is 0 Å². The van der Waals surface area contributed by atoms with Crippen LogP contribution in [0.1, 0.15) is 19.3 Å². The zero-order valence-corrected chi connectivity index (χ0v) is 12.5. The van der Waals surface area contributed by atoms with Crippen molar-refractivity contribution in [1.82, 2.24) is 0 Å². The van der Waals surface area contributed by atoms with E-state index in [2.05, 4.69) is 63.7 Å². The van der Waals surface area contributed by atoms with Gasteiger partial charge in [-0.15, -0.1) is 0 Å². The van der Waals surface area contributed by atoms with Gasteiger partial charge in [-0.1, -0.05) is 70.1 Å². The predicted molar refractivity (Wildman–Crippen MR) is 66.9 cm³/mol. The van der Waals surface area contributed by atoms with Crippen molar-refractivity contribution in [3.05, 3.63) is 0 Å². The third-order valence-corrected chi connectivity index (χ3v) is 6.23. The molecule has 0 spiro atoms. The number of hydrogen-bond donors (Lipinski definition) is 0. The van der Waals surface area contributed by atoms with Gasteiger partial charge in [-0.2, -0.15) is 0 Å². The Morgan fingerprint density at radius 1 is 0.818 bits per heavy atom. The zero-order valence-electron chi connectivity index (χ0n) is 6.20. The van der Waals surface area contributed by atoms with E-state index in [-0.39, 0.29) is 0 Å². The summed E-state index contributed by atoms with van der Waals surface area (Å²) < 4.78 is 0. The second-order valence-electron chi connectivity index (χ2n) is 2.43. The van der Waals surface area contributed by atoms with Gasteiger partial charge in [0.05, 0.1) is 0 Å². The Kier molecular flexibility index (Phi) is 10.0. The maximum atomic E-state index is 3.57. The lowest BCUT2D eigenvalue weighted by Crippen LogP contribution is -2.03. The minimum absolute atomic E-state index is 0.637. The molecule has 4 heteroatoms. The van der Waals surface area contributed by atoms with E-state index in [0.717, 1.165) is 10.7 Å². The van der Waals surface area contributed by atoms with E-state index in [1.807, 2.05) is 0 Å². The van der Waals surface area contributed by atoms with E-state index >= 15 is 0 Å². The van der Waals surface area contributed by atoms with Crippen molar-refractivity contribution >= 4 is 63.7 Å². The monoisotopic (exact) mass is 412 g/mol. The Morgan fingerprint density at radius 2 is 1.18 bits per heavy atom. The summed E-state index contributed by atoms with van der Waals surface area (Å²) in [6.07, 6.45) is 3.78. The highest BCUT2D eigenvalue weighted by Gasteiger charge is 2.04. The van der Waals surface area contributed by atoms with Gasteiger partial charge in [0.2, 0.25) is 0 Å². The average molecular weight is 416 g/mol. The molecule has 0 N–H and O–H groups in total. The molecule has 0 aromatic rings. The lowest BCUT2D eigenvalue weighted by atomic mass is 10.2. The number of rotatable bonds is 6. The molecule has 0 bridgehead atoms. The van der Waals surface area contributed by atoms with Crippen molar-refractivity contribution in [2.75, 3.05) is 10.7 Å². The Hall–Kier alpha value is 1.92. The highest BCUT2D eigenvalue weighted by Crippen LogP contribution is 2.17. The molecule has 68 valence electrons.